The van der Waals surface area contributed by atoms with E-state index in [0.29, 0.717) is 28.8 Å². The highest BCUT2D eigenvalue weighted by atomic mass is 32.1. The first-order chi connectivity index (χ1) is 15.8. The lowest BCUT2D eigenvalue weighted by molar-refractivity contribution is -0.141. The summed E-state index contributed by atoms with van der Waals surface area (Å²) in [6, 6.07) is 14.0. The van der Waals surface area contributed by atoms with Crippen LogP contribution in [0, 0.1) is 5.92 Å². The molecule has 176 valence electrons. The molecule has 0 unspecified atom stereocenters. The normalized spacial score (nSPS) is 26.4. The zero-order chi connectivity index (χ0) is 23.7. The van der Waals surface area contributed by atoms with Crippen LogP contribution < -0.4 is 19.7 Å². The molecule has 2 aromatic carbocycles. The number of hydrogen-bond acceptors (Lipinski definition) is 6. The van der Waals surface area contributed by atoms with Gasteiger partial charge in [0.25, 0.3) is 0 Å². The second kappa shape index (κ2) is 9.54. The second-order valence-corrected chi connectivity index (χ2v) is 8.87. The van der Waals surface area contributed by atoms with Crippen LogP contribution in [0.3, 0.4) is 0 Å². The lowest BCUT2D eigenvalue weighted by atomic mass is 9.77. The summed E-state index contributed by atoms with van der Waals surface area (Å²) >= 11 is 5.61. The molecule has 1 heterocycles. The average Bonchev–Trinajstić information content (AvgIpc) is 3.18. The van der Waals surface area contributed by atoms with Crippen LogP contribution in [0.25, 0.3) is 0 Å². The number of thiocarbonyl (C=S) groups is 1. The Morgan fingerprint density at radius 2 is 1.79 bits per heavy atom. The molecule has 1 aliphatic heterocycles. The van der Waals surface area contributed by atoms with Gasteiger partial charge in [0.1, 0.15) is 17.6 Å². The maximum atomic E-state index is 13.6. The summed E-state index contributed by atoms with van der Waals surface area (Å²) in [6.07, 6.45) is -1.98. The van der Waals surface area contributed by atoms with E-state index in [1.165, 1.54) is 0 Å². The molecule has 1 saturated heterocycles. The van der Waals surface area contributed by atoms with Gasteiger partial charge in [0, 0.05) is 31.8 Å². The van der Waals surface area contributed by atoms with Crippen molar-refractivity contribution in [1.82, 2.24) is 10.2 Å². The molecule has 8 nitrogen and oxygen atoms in total. The summed E-state index contributed by atoms with van der Waals surface area (Å²) < 4.78 is 10.8. The van der Waals surface area contributed by atoms with Crippen LogP contribution in [-0.4, -0.2) is 71.7 Å². The Kier molecular flexibility index (Phi) is 6.73. The zero-order valence-electron chi connectivity index (χ0n) is 18.8. The third kappa shape index (κ3) is 4.48. The highest BCUT2D eigenvalue weighted by Crippen LogP contribution is 2.39. The van der Waals surface area contributed by atoms with Gasteiger partial charge in [0.15, 0.2) is 5.11 Å². The molecule has 1 saturated carbocycles. The van der Waals surface area contributed by atoms with Gasteiger partial charge in [0.05, 0.1) is 44.0 Å². The largest absolute Gasteiger partial charge is 0.497 e. The first kappa shape index (κ1) is 23.3. The number of carbonyl (C=O) groups excluding carboxylic acids is 1. The fourth-order valence-corrected chi connectivity index (χ4v) is 5.14. The first-order valence-corrected chi connectivity index (χ1v) is 11.2. The van der Waals surface area contributed by atoms with Gasteiger partial charge >= 0.3 is 0 Å². The Morgan fingerprint density at radius 1 is 1.15 bits per heavy atom. The van der Waals surface area contributed by atoms with E-state index in [0.717, 1.165) is 5.56 Å². The number of nitrogens with one attached hydrogen (secondary N) is 1. The number of carbonyl (C=O) groups is 1. The van der Waals surface area contributed by atoms with E-state index in [-0.39, 0.29) is 12.3 Å². The second-order valence-electron chi connectivity index (χ2n) is 8.49. The Morgan fingerprint density at radius 3 is 2.39 bits per heavy atom. The van der Waals surface area contributed by atoms with Gasteiger partial charge < -0.3 is 34.8 Å². The van der Waals surface area contributed by atoms with Crippen molar-refractivity contribution in [1.29, 1.82) is 0 Å². The van der Waals surface area contributed by atoms with Gasteiger partial charge in [-0.1, -0.05) is 30.3 Å². The van der Waals surface area contributed by atoms with Crippen molar-refractivity contribution in [3.8, 4) is 11.5 Å². The molecule has 2 fully saturated rings. The van der Waals surface area contributed by atoms with Crippen molar-refractivity contribution in [3.05, 3.63) is 54.1 Å². The minimum atomic E-state index is -1.06. The molecule has 2 aromatic rings. The van der Waals surface area contributed by atoms with Gasteiger partial charge in [-0.15, -0.1) is 0 Å². The van der Waals surface area contributed by atoms with Crippen LogP contribution in [0.2, 0.25) is 0 Å². The molecule has 3 N–H and O–H groups in total. The molecule has 0 aromatic heterocycles. The standard InChI is InChI=1S/C24H29N3O5S/c1-26(13-14-7-5-4-6-8-14)23(30)18-12-19(28)22(29)20-21(18)27(24(33)25-20)15-9-16(31-2)11-17(10-15)32-3/h4-11,18-22,28-29H,12-13H2,1-3H3,(H,25,33)/t18-,19+,20-,21+,22-/m0/s1. The Balaban J connectivity index is 1.69. The van der Waals surface area contributed by atoms with Gasteiger partial charge in [0.2, 0.25) is 5.91 Å². The number of aliphatic hydroxyl groups excluding tert-OH is 2. The Hall–Kier alpha value is -2.88. The molecule has 0 radical (unpaired) electrons. The van der Waals surface area contributed by atoms with Gasteiger partial charge in [-0.25, -0.2) is 0 Å². The maximum Gasteiger partial charge on any atom is 0.228 e. The van der Waals surface area contributed by atoms with Crippen LogP contribution in [0.4, 0.5) is 5.69 Å². The molecule has 9 heteroatoms. The summed E-state index contributed by atoms with van der Waals surface area (Å²) in [7, 11) is 4.88. The van der Waals surface area contributed by atoms with Gasteiger partial charge in [-0.05, 0) is 24.2 Å². The SMILES string of the molecule is COc1cc(OC)cc(N2C(=S)N[C@@H]3[C@@H](O)[C@H](O)C[C@H](C(=O)N(C)Cc4ccccc4)[C@H]32)c1. The fraction of sp³-hybridized carbons (Fsp3) is 0.417. The monoisotopic (exact) mass is 471 g/mol. The number of aliphatic hydroxyl groups is 2. The number of benzene rings is 2. The molecule has 5 atom stereocenters. The van der Waals surface area contributed by atoms with Crippen molar-refractivity contribution in [2.45, 2.75) is 37.3 Å². The minimum Gasteiger partial charge on any atom is -0.497 e. The number of nitrogens with zero attached hydrogens (tertiary/aromatic N) is 2. The highest BCUT2D eigenvalue weighted by molar-refractivity contribution is 7.80. The lowest BCUT2D eigenvalue weighted by Gasteiger charge is -2.42. The fourth-order valence-electron chi connectivity index (χ4n) is 4.78. The van der Waals surface area contributed by atoms with Gasteiger partial charge in [-0.2, -0.15) is 0 Å². The zero-order valence-corrected chi connectivity index (χ0v) is 19.7. The van der Waals surface area contributed by atoms with E-state index in [9.17, 15) is 15.0 Å². The predicted octanol–water partition coefficient (Wildman–Crippen LogP) is 1.54. The molecule has 0 spiro atoms. The van der Waals surface area contributed by atoms with Crippen molar-refractivity contribution >= 4 is 28.9 Å². The summed E-state index contributed by atoms with van der Waals surface area (Å²) in [4.78, 5) is 17.1. The van der Waals surface area contributed by atoms with Crippen LogP contribution in [0.15, 0.2) is 48.5 Å². The molecule has 2 aliphatic rings. The van der Waals surface area contributed by atoms with E-state index in [2.05, 4.69) is 5.32 Å². The Bertz CT molecular complexity index is 998. The maximum absolute atomic E-state index is 13.6. The summed E-state index contributed by atoms with van der Waals surface area (Å²) in [5.41, 5.74) is 1.69. The van der Waals surface area contributed by atoms with Crippen molar-refractivity contribution in [2.24, 2.45) is 5.92 Å². The highest BCUT2D eigenvalue weighted by Gasteiger charge is 2.54. The topological polar surface area (TPSA) is 94.5 Å². The number of rotatable bonds is 6. The molecule has 1 aliphatic carbocycles. The first-order valence-electron chi connectivity index (χ1n) is 10.8. The lowest BCUT2D eigenvalue weighted by Crippen LogP contribution is -2.61. The average molecular weight is 472 g/mol. The summed E-state index contributed by atoms with van der Waals surface area (Å²) in [6.45, 7) is 0.442. The van der Waals surface area contributed by atoms with Crippen molar-refractivity contribution < 1.29 is 24.5 Å². The van der Waals surface area contributed by atoms with E-state index >= 15 is 0 Å². The van der Waals surface area contributed by atoms with E-state index < -0.39 is 30.2 Å². The number of hydrogen-bond donors (Lipinski definition) is 3. The van der Waals surface area contributed by atoms with Gasteiger partial charge in [-0.3, -0.25) is 4.79 Å². The molecule has 33 heavy (non-hydrogen) atoms. The third-order valence-corrected chi connectivity index (χ3v) is 6.73. The van der Waals surface area contributed by atoms with Crippen LogP contribution >= 0.6 is 12.2 Å². The van der Waals surface area contributed by atoms with E-state index in [1.807, 2.05) is 47.4 Å². The molecular weight excluding hydrogens is 442 g/mol. The number of anilines is 1. The van der Waals surface area contributed by atoms with Crippen molar-refractivity contribution in [2.75, 3.05) is 26.2 Å². The molecular formula is C24H29N3O5S. The summed E-state index contributed by atoms with van der Waals surface area (Å²) in [5.74, 6) is 0.450. The Labute approximate surface area is 198 Å². The smallest absolute Gasteiger partial charge is 0.228 e. The summed E-state index contributed by atoms with van der Waals surface area (Å²) in [5, 5.41) is 24.8. The van der Waals surface area contributed by atoms with Crippen LogP contribution in [0.1, 0.15) is 12.0 Å². The number of methoxy groups -OCH3 is 2. The number of amides is 1. The number of fused-ring (bicyclic) bond motifs is 1. The van der Waals surface area contributed by atoms with E-state index in [1.54, 1.807) is 32.2 Å². The van der Waals surface area contributed by atoms with E-state index in [4.69, 9.17) is 21.7 Å². The third-order valence-electron chi connectivity index (χ3n) is 6.42. The number of ether oxygens (including phenoxy) is 2. The van der Waals surface area contributed by atoms with Crippen LogP contribution in [-0.2, 0) is 11.3 Å². The molecule has 4 rings (SSSR count). The minimum absolute atomic E-state index is 0.119. The predicted molar refractivity (Wildman–Crippen MR) is 128 cm³/mol. The molecule has 0 bridgehead atoms. The quantitative estimate of drug-likeness (QED) is 0.547. The van der Waals surface area contributed by atoms with Crippen molar-refractivity contribution in [3.63, 3.8) is 0 Å². The molecule has 1 amide bonds. The van der Waals surface area contributed by atoms with Crippen LogP contribution in [0.5, 0.6) is 11.5 Å².